The van der Waals surface area contributed by atoms with Crippen molar-refractivity contribution < 1.29 is 19.7 Å². The first kappa shape index (κ1) is 18.8. The summed E-state index contributed by atoms with van der Waals surface area (Å²) in [7, 11) is 2.01. The van der Waals surface area contributed by atoms with Crippen molar-refractivity contribution in [1.29, 1.82) is 0 Å². The Balaban J connectivity index is 1.62. The van der Waals surface area contributed by atoms with Crippen LogP contribution in [0, 0.1) is 0 Å². The molecular formula is C19H30N2O4. The maximum Gasteiger partial charge on any atom is 0.109 e. The van der Waals surface area contributed by atoms with E-state index in [-0.39, 0.29) is 18.8 Å². The van der Waals surface area contributed by atoms with Crippen molar-refractivity contribution >= 4 is 0 Å². The van der Waals surface area contributed by atoms with E-state index in [1.807, 2.05) is 25.2 Å². The SMILES string of the molecule is CN(Cc1ccccc1)[C@H]1[C@H](O)[C@H](CO)O[C@@H]1CNC1CCOCC1. The van der Waals surface area contributed by atoms with Gasteiger partial charge in [-0.15, -0.1) is 0 Å². The first-order chi connectivity index (χ1) is 12.2. The van der Waals surface area contributed by atoms with Gasteiger partial charge in [-0.05, 0) is 25.5 Å². The molecular weight excluding hydrogens is 320 g/mol. The Morgan fingerprint density at radius 2 is 1.88 bits per heavy atom. The van der Waals surface area contributed by atoms with Gasteiger partial charge < -0.3 is 25.0 Å². The Morgan fingerprint density at radius 1 is 1.16 bits per heavy atom. The average Bonchev–Trinajstić information content (AvgIpc) is 2.97. The van der Waals surface area contributed by atoms with Gasteiger partial charge in [0.2, 0.25) is 0 Å². The summed E-state index contributed by atoms with van der Waals surface area (Å²) in [6, 6.07) is 10.5. The minimum Gasteiger partial charge on any atom is -0.394 e. The fourth-order valence-corrected chi connectivity index (χ4v) is 3.85. The van der Waals surface area contributed by atoms with E-state index in [2.05, 4.69) is 22.3 Å². The first-order valence-electron chi connectivity index (χ1n) is 9.18. The lowest BCUT2D eigenvalue weighted by Crippen LogP contribution is -2.50. The number of rotatable bonds is 7. The van der Waals surface area contributed by atoms with Crippen molar-refractivity contribution in [3.05, 3.63) is 35.9 Å². The van der Waals surface area contributed by atoms with Gasteiger partial charge in [-0.2, -0.15) is 0 Å². The number of hydrogen-bond acceptors (Lipinski definition) is 6. The van der Waals surface area contributed by atoms with E-state index in [0.717, 1.165) is 32.6 Å². The van der Waals surface area contributed by atoms with Crippen LogP contribution in [0.4, 0.5) is 0 Å². The number of ether oxygens (including phenoxy) is 2. The highest BCUT2D eigenvalue weighted by Gasteiger charge is 2.45. The standard InChI is InChI=1S/C19H30N2O4/c1-21(12-14-5-3-2-4-6-14)18-16(25-17(13-22)19(18)23)11-20-15-7-9-24-10-8-15/h2-6,15-20,22-23H,7-13H2,1H3/t16-,17+,18-,19-/m1/s1. The minimum absolute atomic E-state index is 0.148. The summed E-state index contributed by atoms with van der Waals surface area (Å²) in [5.41, 5.74) is 1.20. The van der Waals surface area contributed by atoms with E-state index in [9.17, 15) is 10.2 Å². The van der Waals surface area contributed by atoms with Crippen LogP contribution in [0.15, 0.2) is 30.3 Å². The van der Waals surface area contributed by atoms with E-state index in [1.54, 1.807) is 0 Å². The Hall–Kier alpha value is -1.02. The monoisotopic (exact) mass is 350 g/mol. The van der Waals surface area contributed by atoms with E-state index >= 15 is 0 Å². The van der Waals surface area contributed by atoms with E-state index in [1.165, 1.54) is 5.56 Å². The molecule has 1 aromatic carbocycles. The summed E-state index contributed by atoms with van der Waals surface area (Å²) in [6.45, 7) is 2.83. The highest BCUT2D eigenvalue weighted by Crippen LogP contribution is 2.26. The second-order valence-electron chi connectivity index (χ2n) is 7.07. The molecule has 25 heavy (non-hydrogen) atoms. The molecule has 2 fully saturated rings. The predicted octanol–water partition coefficient (Wildman–Crippen LogP) is 0.376. The smallest absolute Gasteiger partial charge is 0.109 e. The number of hydrogen-bond donors (Lipinski definition) is 3. The molecule has 1 aromatic rings. The second-order valence-corrected chi connectivity index (χ2v) is 7.07. The van der Waals surface area contributed by atoms with Gasteiger partial charge in [0.25, 0.3) is 0 Å². The third-order valence-electron chi connectivity index (χ3n) is 5.25. The normalized spacial score (nSPS) is 30.9. The molecule has 2 aliphatic heterocycles. The molecule has 6 nitrogen and oxygen atoms in total. The fraction of sp³-hybridized carbons (Fsp3) is 0.684. The molecule has 0 radical (unpaired) electrons. The van der Waals surface area contributed by atoms with E-state index < -0.39 is 12.2 Å². The number of nitrogens with one attached hydrogen (secondary N) is 1. The van der Waals surface area contributed by atoms with Crippen molar-refractivity contribution in [2.45, 2.75) is 49.8 Å². The van der Waals surface area contributed by atoms with Crippen LogP contribution in [0.2, 0.25) is 0 Å². The molecule has 2 aliphatic rings. The van der Waals surface area contributed by atoms with Crippen molar-refractivity contribution in [3.8, 4) is 0 Å². The zero-order chi connectivity index (χ0) is 17.6. The minimum atomic E-state index is -0.694. The van der Waals surface area contributed by atoms with Crippen LogP contribution in [-0.2, 0) is 16.0 Å². The molecule has 0 unspecified atom stereocenters. The third-order valence-corrected chi connectivity index (χ3v) is 5.25. The van der Waals surface area contributed by atoms with Crippen LogP contribution in [0.25, 0.3) is 0 Å². The fourth-order valence-electron chi connectivity index (χ4n) is 3.85. The van der Waals surface area contributed by atoms with Crippen molar-refractivity contribution in [2.75, 3.05) is 33.4 Å². The summed E-state index contributed by atoms with van der Waals surface area (Å²) >= 11 is 0. The van der Waals surface area contributed by atoms with Gasteiger partial charge in [-0.25, -0.2) is 0 Å². The summed E-state index contributed by atoms with van der Waals surface area (Å²) in [6.07, 6.45) is 0.639. The Bertz CT molecular complexity index is 509. The molecule has 2 heterocycles. The summed E-state index contributed by atoms with van der Waals surface area (Å²) in [5, 5.41) is 23.7. The molecule has 0 bridgehead atoms. The predicted molar refractivity (Wildman–Crippen MR) is 95.3 cm³/mol. The van der Waals surface area contributed by atoms with Gasteiger partial charge in [0, 0.05) is 32.3 Å². The van der Waals surface area contributed by atoms with Gasteiger partial charge >= 0.3 is 0 Å². The zero-order valence-corrected chi connectivity index (χ0v) is 14.9. The summed E-state index contributed by atoms with van der Waals surface area (Å²) in [5.74, 6) is 0. The van der Waals surface area contributed by atoms with Gasteiger partial charge in [-0.3, -0.25) is 4.90 Å². The average molecular weight is 350 g/mol. The van der Waals surface area contributed by atoms with Gasteiger partial charge in [0.05, 0.1) is 18.8 Å². The van der Waals surface area contributed by atoms with E-state index in [4.69, 9.17) is 9.47 Å². The van der Waals surface area contributed by atoms with Crippen LogP contribution in [0.1, 0.15) is 18.4 Å². The lowest BCUT2D eigenvalue weighted by molar-refractivity contribution is -0.0229. The number of nitrogens with zero attached hydrogens (tertiary/aromatic N) is 1. The van der Waals surface area contributed by atoms with Crippen LogP contribution in [0.5, 0.6) is 0 Å². The molecule has 4 atom stereocenters. The molecule has 0 amide bonds. The number of benzene rings is 1. The topological polar surface area (TPSA) is 74.2 Å². The van der Waals surface area contributed by atoms with E-state index in [0.29, 0.717) is 12.6 Å². The maximum absolute atomic E-state index is 10.6. The maximum atomic E-state index is 10.6. The van der Waals surface area contributed by atoms with Crippen LogP contribution in [0.3, 0.4) is 0 Å². The highest BCUT2D eigenvalue weighted by molar-refractivity contribution is 5.15. The molecule has 3 N–H and O–H groups in total. The van der Waals surface area contributed by atoms with Crippen LogP contribution in [-0.4, -0.2) is 78.9 Å². The number of aliphatic hydroxyl groups is 2. The molecule has 140 valence electrons. The second kappa shape index (κ2) is 9.07. The number of likely N-dealkylation sites (N-methyl/N-ethyl adjacent to an activating group) is 1. The molecule has 2 saturated heterocycles. The molecule has 6 heteroatoms. The molecule has 0 saturated carbocycles. The van der Waals surface area contributed by atoms with Gasteiger partial charge in [0.15, 0.2) is 0 Å². The molecule has 3 rings (SSSR count). The zero-order valence-electron chi connectivity index (χ0n) is 14.9. The molecule has 0 aromatic heterocycles. The number of aliphatic hydroxyl groups excluding tert-OH is 2. The Kier molecular flexibility index (Phi) is 6.81. The summed E-state index contributed by atoms with van der Waals surface area (Å²) in [4.78, 5) is 2.13. The van der Waals surface area contributed by atoms with Gasteiger partial charge in [-0.1, -0.05) is 30.3 Å². The van der Waals surface area contributed by atoms with Crippen LogP contribution < -0.4 is 5.32 Å². The quantitative estimate of drug-likeness (QED) is 0.660. The van der Waals surface area contributed by atoms with Crippen molar-refractivity contribution in [3.63, 3.8) is 0 Å². The lowest BCUT2D eigenvalue weighted by Gasteiger charge is -2.32. The molecule has 0 spiro atoms. The lowest BCUT2D eigenvalue weighted by atomic mass is 10.0. The third kappa shape index (κ3) is 4.78. The summed E-state index contributed by atoms with van der Waals surface area (Å²) < 4.78 is 11.3. The molecule has 0 aliphatic carbocycles. The first-order valence-corrected chi connectivity index (χ1v) is 9.18. The van der Waals surface area contributed by atoms with Crippen molar-refractivity contribution in [2.24, 2.45) is 0 Å². The Morgan fingerprint density at radius 3 is 2.56 bits per heavy atom. The van der Waals surface area contributed by atoms with Crippen molar-refractivity contribution in [1.82, 2.24) is 10.2 Å². The largest absolute Gasteiger partial charge is 0.394 e. The Labute approximate surface area is 149 Å². The van der Waals surface area contributed by atoms with Gasteiger partial charge in [0.1, 0.15) is 12.2 Å². The van der Waals surface area contributed by atoms with Crippen LogP contribution >= 0.6 is 0 Å². The highest BCUT2D eigenvalue weighted by atomic mass is 16.5.